The maximum absolute atomic E-state index is 12.8. The zero-order valence-electron chi connectivity index (χ0n) is 13.8. The number of nitrogens with zero attached hydrogens (tertiary/aromatic N) is 3. The summed E-state index contributed by atoms with van der Waals surface area (Å²) >= 11 is 0. The van der Waals surface area contributed by atoms with Crippen LogP contribution in [0.15, 0.2) is 12.3 Å². The molecule has 0 aromatic carbocycles. The van der Waals surface area contributed by atoms with E-state index in [4.69, 9.17) is 4.74 Å². The van der Waals surface area contributed by atoms with Crippen LogP contribution < -0.4 is 4.90 Å². The molecule has 23 heavy (non-hydrogen) atoms. The lowest BCUT2D eigenvalue weighted by Gasteiger charge is -2.40. The lowest BCUT2D eigenvalue weighted by molar-refractivity contribution is -0.144. The highest BCUT2D eigenvalue weighted by Gasteiger charge is 2.36. The van der Waals surface area contributed by atoms with Crippen molar-refractivity contribution in [2.45, 2.75) is 58.4 Å². The molecule has 1 aromatic heterocycles. The molecule has 4 nitrogen and oxygen atoms in total. The minimum Gasteiger partial charge on any atom is -0.371 e. The van der Waals surface area contributed by atoms with E-state index in [-0.39, 0.29) is 12.2 Å². The van der Waals surface area contributed by atoms with E-state index >= 15 is 0 Å². The molecule has 0 bridgehead atoms. The second-order valence-corrected chi connectivity index (χ2v) is 6.32. The molecule has 1 aliphatic heterocycles. The van der Waals surface area contributed by atoms with E-state index in [1.165, 1.54) is 12.3 Å². The van der Waals surface area contributed by atoms with Gasteiger partial charge in [0.05, 0.1) is 12.2 Å². The van der Waals surface area contributed by atoms with Crippen LogP contribution in [0, 0.1) is 5.92 Å². The second kappa shape index (κ2) is 7.47. The number of alkyl halides is 3. The molecular weight excluding hydrogens is 307 g/mol. The Morgan fingerprint density at radius 2 is 2.09 bits per heavy atom. The topological polar surface area (TPSA) is 38.2 Å². The van der Waals surface area contributed by atoms with Crippen LogP contribution in [0.3, 0.4) is 0 Å². The van der Waals surface area contributed by atoms with Crippen LogP contribution >= 0.6 is 0 Å². The molecule has 130 valence electrons. The largest absolute Gasteiger partial charge is 0.451 e. The van der Waals surface area contributed by atoms with Crippen LogP contribution in [-0.2, 0) is 10.9 Å². The van der Waals surface area contributed by atoms with Gasteiger partial charge in [-0.1, -0.05) is 33.6 Å². The van der Waals surface area contributed by atoms with Gasteiger partial charge in [-0.3, -0.25) is 0 Å². The van der Waals surface area contributed by atoms with Crippen molar-refractivity contribution < 1.29 is 17.9 Å². The zero-order valence-corrected chi connectivity index (χ0v) is 13.8. The first kappa shape index (κ1) is 18.0. The summed E-state index contributed by atoms with van der Waals surface area (Å²) in [4.78, 5) is 8.94. The summed E-state index contributed by atoms with van der Waals surface area (Å²) in [5.41, 5.74) is 0. The molecule has 2 atom stereocenters. The SMILES string of the molecule is CCCC[C@@H]1CN(c2ccnc(C(F)(F)F)n2)C[C@H](C(C)C)O1. The second-order valence-electron chi connectivity index (χ2n) is 6.32. The third kappa shape index (κ3) is 4.80. The number of hydrogen-bond acceptors (Lipinski definition) is 4. The number of anilines is 1. The van der Waals surface area contributed by atoms with E-state index in [9.17, 15) is 13.2 Å². The molecule has 1 aromatic rings. The smallest absolute Gasteiger partial charge is 0.371 e. The highest BCUT2D eigenvalue weighted by atomic mass is 19.4. The van der Waals surface area contributed by atoms with Gasteiger partial charge in [-0.15, -0.1) is 0 Å². The summed E-state index contributed by atoms with van der Waals surface area (Å²) in [7, 11) is 0. The predicted molar refractivity (Wildman–Crippen MR) is 82.3 cm³/mol. The van der Waals surface area contributed by atoms with Crippen molar-refractivity contribution in [2.24, 2.45) is 5.92 Å². The molecule has 0 spiro atoms. The van der Waals surface area contributed by atoms with Crippen LogP contribution in [0.5, 0.6) is 0 Å². The molecule has 0 N–H and O–H groups in total. The van der Waals surface area contributed by atoms with Crippen LogP contribution in [0.2, 0.25) is 0 Å². The summed E-state index contributed by atoms with van der Waals surface area (Å²) in [5, 5.41) is 0. The molecule has 2 heterocycles. The van der Waals surface area contributed by atoms with Crippen LogP contribution in [0.1, 0.15) is 45.9 Å². The molecule has 1 saturated heterocycles. The van der Waals surface area contributed by atoms with E-state index in [0.717, 1.165) is 19.3 Å². The van der Waals surface area contributed by atoms with Crippen molar-refractivity contribution in [3.63, 3.8) is 0 Å². The molecule has 0 radical (unpaired) electrons. The Bertz CT molecular complexity index is 508. The Labute approximate surface area is 135 Å². The monoisotopic (exact) mass is 331 g/mol. The van der Waals surface area contributed by atoms with Crippen LogP contribution in [0.4, 0.5) is 19.0 Å². The quantitative estimate of drug-likeness (QED) is 0.820. The highest BCUT2D eigenvalue weighted by molar-refractivity contribution is 5.38. The molecule has 1 aliphatic rings. The minimum absolute atomic E-state index is 0.00471. The zero-order chi connectivity index (χ0) is 17.0. The Hall–Kier alpha value is -1.37. The van der Waals surface area contributed by atoms with Gasteiger partial charge >= 0.3 is 6.18 Å². The van der Waals surface area contributed by atoms with Gasteiger partial charge in [0, 0.05) is 19.3 Å². The lowest BCUT2D eigenvalue weighted by Crippen LogP contribution is -2.50. The van der Waals surface area contributed by atoms with E-state index < -0.39 is 12.0 Å². The van der Waals surface area contributed by atoms with Crippen molar-refractivity contribution in [1.82, 2.24) is 9.97 Å². The first-order chi connectivity index (χ1) is 10.8. The molecule has 0 saturated carbocycles. The number of hydrogen-bond donors (Lipinski definition) is 0. The average Bonchev–Trinajstić information content (AvgIpc) is 2.52. The Kier molecular flexibility index (Phi) is 5.84. The first-order valence-corrected chi connectivity index (χ1v) is 8.12. The summed E-state index contributed by atoms with van der Waals surface area (Å²) in [5.74, 6) is -0.471. The Morgan fingerprint density at radius 1 is 1.35 bits per heavy atom. The van der Waals surface area contributed by atoms with Crippen LogP contribution in [-0.4, -0.2) is 35.3 Å². The molecule has 0 aliphatic carbocycles. The molecule has 7 heteroatoms. The molecular formula is C16H24F3N3O. The van der Waals surface area contributed by atoms with Crippen molar-refractivity contribution >= 4 is 5.82 Å². The predicted octanol–water partition coefficient (Wildman–Crippen LogP) is 3.92. The fourth-order valence-corrected chi connectivity index (χ4v) is 2.68. The van der Waals surface area contributed by atoms with Gasteiger partial charge in [0.2, 0.25) is 5.82 Å². The maximum Gasteiger partial charge on any atom is 0.451 e. The lowest BCUT2D eigenvalue weighted by atomic mass is 10.0. The standard InChI is InChI=1S/C16H24F3N3O/c1-4-5-6-12-9-22(10-13(23-12)11(2)3)14-7-8-20-15(21-14)16(17,18)19/h7-8,11-13H,4-6,9-10H2,1-3H3/t12-,13-/m1/s1. The van der Waals surface area contributed by atoms with Crippen molar-refractivity contribution in [2.75, 3.05) is 18.0 Å². The molecule has 2 rings (SSSR count). The fourth-order valence-electron chi connectivity index (χ4n) is 2.68. The first-order valence-electron chi connectivity index (χ1n) is 8.12. The van der Waals surface area contributed by atoms with Gasteiger partial charge in [-0.25, -0.2) is 9.97 Å². The van der Waals surface area contributed by atoms with Gasteiger partial charge in [0.1, 0.15) is 5.82 Å². The van der Waals surface area contributed by atoms with Gasteiger partial charge in [0.15, 0.2) is 0 Å². The Balaban J connectivity index is 2.19. The van der Waals surface area contributed by atoms with Crippen LogP contribution in [0.25, 0.3) is 0 Å². The van der Waals surface area contributed by atoms with Gasteiger partial charge in [-0.2, -0.15) is 13.2 Å². The summed E-state index contributed by atoms with van der Waals surface area (Å²) in [6.45, 7) is 7.35. The summed E-state index contributed by atoms with van der Waals surface area (Å²) in [6, 6.07) is 1.54. The number of unbranched alkanes of at least 4 members (excludes halogenated alkanes) is 1. The summed E-state index contributed by atoms with van der Waals surface area (Å²) in [6.07, 6.45) is -0.310. The maximum atomic E-state index is 12.8. The Morgan fingerprint density at radius 3 is 2.70 bits per heavy atom. The molecule has 1 fully saturated rings. The third-order valence-electron chi connectivity index (χ3n) is 4.03. The third-order valence-corrected chi connectivity index (χ3v) is 4.03. The normalized spacial score (nSPS) is 22.7. The minimum atomic E-state index is -4.53. The van der Waals surface area contributed by atoms with E-state index in [1.54, 1.807) is 0 Å². The molecule has 0 unspecified atom stereocenters. The van der Waals surface area contributed by atoms with E-state index in [0.29, 0.717) is 24.8 Å². The average molecular weight is 331 g/mol. The van der Waals surface area contributed by atoms with E-state index in [2.05, 4.69) is 30.7 Å². The number of ether oxygens (including phenoxy) is 1. The number of halogens is 3. The number of aromatic nitrogens is 2. The van der Waals surface area contributed by atoms with Crippen molar-refractivity contribution in [3.8, 4) is 0 Å². The van der Waals surface area contributed by atoms with Crippen molar-refractivity contribution in [1.29, 1.82) is 0 Å². The number of morpholine rings is 1. The summed E-state index contributed by atoms with van der Waals surface area (Å²) < 4.78 is 44.5. The fraction of sp³-hybridized carbons (Fsp3) is 0.750. The van der Waals surface area contributed by atoms with Gasteiger partial charge in [-0.05, 0) is 18.4 Å². The number of rotatable bonds is 5. The van der Waals surface area contributed by atoms with Crippen molar-refractivity contribution in [3.05, 3.63) is 18.1 Å². The van der Waals surface area contributed by atoms with E-state index in [1.807, 2.05) is 4.90 Å². The van der Waals surface area contributed by atoms with Gasteiger partial charge in [0.25, 0.3) is 0 Å². The molecule has 0 amide bonds. The highest BCUT2D eigenvalue weighted by Crippen LogP contribution is 2.29. The van der Waals surface area contributed by atoms with Gasteiger partial charge < -0.3 is 9.64 Å².